The topological polar surface area (TPSA) is 63.8 Å². The first-order chi connectivity index (χ1) is 20.3. The summed E-state index contributed by atoms with van der Waals surface area (Å²) in [6, 6.07) is 26.2. The fourth-order valence-electron chi connectivity index (χ4n) is 5.47. The molecule has 2 aromatic heterocycles. The van der Waals surface area contributed by atoms with Gasteiger partial charge < -0.3 is 14.9 Å². The molecule has 42 heavy (non-hydrogen) atoms. The molecule has 0 aliphatic heterocycles. The first-order valence-corrected chi connectivity index (χ1v) is 14.8. The van der Waals surface area contributed by atoms with E-state index in [9.17, 15) is 0 Å². The maximum absolute atomic E-state index is 6.99. The van der Waals surface area contributed by atoms with Crippen LogP contribution in [-0.2, 0) is 5.66 Å². The number of aromatic amines is 2. The Balaban J connectivity index is 1.80. The third-order valence-corrected chi connectivity index (χ3v) is 8.40. The lowest BCUT2D eigenvalue weighted by Crippen LogP contribution is -2.59. The fourth-order valence-corrected chi connectivity index (χ4v) is 6.61. The lowest BCUT2D eigenvalue weighted by Gasteiger charge is -2.51. The summed E-state index contributed by atoms with van der Waals surface area (Å²) in [5.41, 5.74) is 2.91. The maximum atomic E-state index is 6.99. The molecule has 0 fully saturated rings. The summed E-state index contributed by atoms with van der Waals surface area (Å²) in [7, 11) is 0. The molecule has 0 saturated carbocycles. The van der Waals surface area contributed by atoms with Crippen LogP contribution >= 0.6 is 46.4 Å². The third-order valence-electron chi connectivity index (χ3n) is 7.18. The van der Waals surface area contributed by atoms with Gasteiger partial charge in [-0.3, -0.25) is 4.90 Å². The standard InChI is InChI=1S/C32H26Cl4N6/c1-4-32(30-37-24-15-5-6-16-25(24)38-30,41(19(2)3)28-20(33)11-9-12-21(28)34)42(29-22(35)13-10-14-23(29)36)31-39-26-17-7-8-18-27(26)40-31/h4-19H,1H2,2-3H3,(H,37,38)(H,39,40). The summed E-state index contributed by atoms with van der Waals surface area (Å²) in [5.74, 6) is 0.986. The van der Waals surface area contributed by atoms with E-state index in [0.29, 0.717) is 43.2 Å². The van der Waals surface area contributed by atoms with E-state index in [0.717, 1.165) is 22.1 Å². The number of para-hydroxylation sites is 6. The number of halogens is 4. The highest BCUT2D eigenvalue weighted by Gasteiger charge is 2.50. The summed E-state index contributed by atoms with van der Waals surface area (Å²) in [5, 5.41) is 1.71. The number of nitrogens with one attached hydrogen (secondary N) is 2. The minimum atomic E-state index is -1.36. The zero-order chi connectivity index (χ0) is 29.6. The Labute approximate surface area is 263 Å². The Morgan fingerprint density at radius 3 is 1.69 bits per heavy atom. The second-order valence-electron chi connectivity index (χ2n) is 10.1. The molecule has 6 aromatic rings. The van der Waals surface area contributed by atoms with Crippen molar-refractivity contribution in [2.45, 2.75) is 25.6 Å². The van der Waals surface area contributed by atoms with Crippen LogP contribution < -0.4 is 9.80 Å². The second kappa shape index (κ2) is 11.2. The van der Waals surface area contributed by atoms with Crippen LogP contribution in [0, 0.1) is 0 Å². The number of benzene rings is 4. The van der Waals surface area contributed by atoms with Crippen LogP contribution in [0.15, 0.2) is 97.6 Å². The highest BCUT2D eigenvalue weighted by molar-refractivity contribution is 6.40. The highest BCUT2D eigenvalue weighted by atomic mass is 35.5. The Morgan fingerprint density at radius 2 is 1.19 bits per heavy atom. The van der Waals surface area contributed by atoms with Crippen molar-refractivity contribution in [1.82, 2.24) is 19.9 Å². The van der Waals surface area contributed by atoms with Crippen molar-refractivity contribution in [2.75, 3.05) is 9.80 Å². The molecule has 0 saturated heterocycles. The van der Waals surface area contributed by atoms with Crippen molar-refractivity contribution in [3.8, 4) is 0 Å². The van der Waals surface area contributed by atoms with Gasteiger partial charge in [0.15, 0.2) is 11.5 Å². The van der Waals surface area contributed by atoms with Crippen LogP contribution in [0.4, 0.5) is 17.3 Å². The van der Waals surface area contributed by atoms with Crippen molar-refractivity contribution < 1.29 is 0 Å². The quantitative estimate of drug-likeness (QED) is 0.129. The Hall–Kier alpha value is -3.68. The lowest BCUT2D eigenvalue weighted by atomic mass is 9.99. The van der Waals surface area contributed by atoms with Gasteiger partial charge in [0.25, 0.3) is 0 Å². The lowest BCUT2D eigenvalue weighted by molar-refractivity contribution is 0.439. The van der Waals surface area contributed by atoms with Crippen LogP contribution in [0.25, 0.3) is 22.1 Å². The number of aromatic nitrogens is 4. The van der Waals surface area contributed by atoms with Gasteiger partial charge in [0.2, 0.25) is 5.95 Å². The molecular formula is C32H26Cl4N6. The van der Waals surface area contributed by atoms with Crippen molar-refractivity contribution in [3.05, 3.63) is 123 Å². The molecule has 0 radical (unpaired) electrons. The Bertz CT molecular complexity index is 1820. The first kappa shape index (κ1) is 28.4. The molecule has 0 spiro atoms. The van der Waals surface area contributed by atoms with Gasteiger partial charge >= 0.3 is 0 Å². The molecule has 0 aliphatic carbocycles. The maximum Gasteiger partial charge on any atom is 0.211 e. The molecule has 2 N–H and O–H groups in total. The van der Waals surface area contributed by atoms with Gasteiger partial charge in [-0.1, -0.05) is 89.4 Å². The Kier molecular flexibility index (Phi) is 7.58. The van der Waals surface area contributed by atoms with Gasteiger partial charge in [-0.05, 0) is 68.5 Å². The molecule has 1 unspecified atom stereocenters. The number of rotatable bonds is 8. The smallest absolute Gasteiger partial charge is 0.211 e. The van der Waals surface area contributed by atoms with Gasteiger partial charge in [0.1, 0.15) is 0 Å². The van der Waals surface area contributed by atoms with E-state index in [4.69, 9.17) is 56.4 Å². The minimum Gasteiger partial charge on any atom is -0.338 e. The number of anilines is 3. The average molecular weight is 636 g/mol. The summed E-state index contributed by atoms with van der Waals surface area (Å²) >= 11 is 27.9. The normalized spacial score (nSPS) is 13.0. The number of nitrogens with zero attached hydrogens (tertiary/aromatic N) is 4. The van der Waals surface area contributed by atoms with E-state index in [1.165, 1.54) is 0 Å². The van der Waals surface area contributed by atoms with Crippen LogP contribution in [0.3, 0.4) is 0 Å². The van der Waals surface area contributed by atoms with Crippen molar-refractivity contribution >= 4 is 85.8 Å². The molecule has 6 rings (SSSR count). The number of hydrogen-bond donors (Lipinski definition) is 2. The van der Waals surface area contributed by atoms with Gasteiger partial charge in [0.05, 0.1) is 53.5 Å². The van der Waals surface area contributed by atoms with E-state index in [1.54, 1.807) is 36.4 Å². The van der Waals surface area contributed by atoms with Crippen molar-refractivity contribution in [3.63, 3.8) is 0 Å². The second-order valence-corrected chi connectivity index (χ2v) is 11.7. The summed E-state index contributed by atoms with van der Waals surface area (Å²) in [6.07, 6.45) is 1.79. The number of hydrogen-bond acceptors (Lipinski definition) is 4. The highest BCUT2D eigenvalue weighted by Crippen LogP contribution is 2.51. The molecule has 0 aliphatic rings. The predicted molar refractivity (Wildman–Crippen MR) is 177 cm³/mol. The Morgan fingerprint density at radius 1 is 0.690 bits per heavy atom. The van der Waals surface area contributed by atoms with E-state index in [2.05, 4.69) is 21.4 Å². The SMILES string of the molecule is C=CC(c1nc2ccccc2[nH]1)(N(c1nc2ccccc2[nH]1)c1c(Cl)cccc1Cl)N(c1c(Cl)cccc1Cl)C(C)C. The van der Waals surface area contributed by atoms with Crippen molar-refractivity contribution in [1.29, 1.82) is 0 Å². The van der Waals surface area contributed by atoms with E-state index < -0.39 is 5.66 Å². The molecule has 1 atom stereocenters. The van der Waals surface area contributed by atoms with Gasteiger partial charge in [-0.25, -0.2) is 9.97 Å². The van der Waals surface area contributed by atoms with Gasteiger partial charge in [-0.2, -0.15) is 0 Å². The number of imidazole rings is 2. The van der Waals surface area contributed by atoms with Gasteiger partial charge in [-0.15, -0.1) is 0 Å². The molecule has 2 heterocycles. The van der Waals surface area contributed by atoms with E-state index in [-0.39, 0.29) is 6.04 Å². The summed E-state index contributed by atoms with van der Waals surface area (Å²) < 4.78 is 0. The monoisotopic (exact) mass is 634 g/mol. The largest absolute Gasteiger partial charge is 0.338 e. The average Bonchev–Trinajstić information content (AvgIpc) is 3.60. The van der Waals surface area contributed by atoms with Crippen LogP contribution in [0.1, 0.15) is 19.7 Å². The third kappa shape index (κ3) is 4.59. The molecule has 212 valence electrons. The predicted octanol–water partition coefficient (Wildman–Crippen LogP) is 10.1. The van der Waals surface area contributed by atoms with Crippen LogP contribution in [-0.4, -0.2) is 26.0 Å². The summed E-state index contributed by atoms with van der Waals surface area (Å²) in [4.78, 5) is 21.1. The summed E-state index contributed by atoms with van der Waals surface area (Å²) in [6.45, 7) is 8.49. The van der Waals surface area contributed by atoms with Crippen LogP contribution in [0.5, 0.6) is 0 Å². The van der Waals surface area contributed by atoms with Crippen LogP contribution in [0.2, 0.25) is 20.1 Å². The van der Waals surface area contributed by atoms with Gasteiger partial charge in [0, 0.05) is 6.04 Å². The zero-order valence-corrected chi connectivity index (χ0v) is 25.8. The molecule has 10 heteroatoms. The molecular weight excluding hydrogens is 610 g/mol. The first-order valence-electron chi connectivity index (χ1n) is 13.3. The number of H-pyrrole nitrogens is 2. The van der Waals surface area contributed by atoms with E-state index >= 15 is 0 Å². The zero-order valence-electron chi connectivity index (χ0n) is 22.7. The molecule has 0 bridgehead atoms. The molecule has 0 amide bonds. The minimum absolute atomic E-state index is 0.207. The molecule has 4 aromatic carbocycles. The fraction of sp³-hybridized carbons (Fsp3) is 0.125. The van der Waals surface area contributed by atoms with Crippen molar-refractivity contribution in [2.24, 2.45) is 0 Å². The number of fused-ring (bicyclic) bond motifs is 2. The molecule has 6 nitrogen and oxygen atoms in total. The van der Waals surface area contributed by atoms with E-state index in [1.807, 2.05) is 73.3 Å².